The number of ether oxygens (including phenoxy) is 1. The number of nitrogens with one attached hydrogen (secondary N) is 2. The van der Waals surface area contributed by atoms with Gasteiger partial charge in [-0.15, -0.1) is 0 Å². The first-order valence-corrected chi connectivity index (χ1v) is 7.06. The van der Waals surface area contributed by atoms with Crippen LogP contribution in [0.5, 0.6) is 0 Å². The van der Waals surface area contributed by atoms with Crippen LogP contribution in [0.25, 0.3) is 0 Å². The van der Waals surface area contributed by atoms with Gasteiger partial charge in [0.2, 0.25) is 0 Å². The average Bonchev–Trinajstić information content (AvgIpc) is 2.56. The van der Waals surface area contributed by atoms with E-state index in [-0.39, 0.29) is 5.69 Å². The Labute approximate surface area is 133 Å². The number of esters is 1. The zero-order valence-corrected chi connectivity index (χ0v) is 12.8. The molecule has 2 rings (SSSR count). The monoisotopic (exact) mass is 316 g/mol. The summed E-state index contributed by atoms with van der Waals surface area (Å²) in [5.41, 5.74) is 0.954. The van der Waals surface area contributed by atoms with E-state index >= 15 is 0 Å². The second-order valence-electron chi connectivity index (χ2n) is 4.81. The minimum atomic E-state index is -1.06. The quantitative estimate of drug-likeness (QED) is 0.832. The van der Waals surface area contributed by atoms with Crippen LogP contribution < -0.4 is 10.6 Å². The summed E-state index contributed by atoms with van der Waals surface area (Å²) < 4.78 is 18.6. The van der Waals surface area contributed by atoms with Crippen LogP contribution in [-0.4, -0.2) is 25.0 Å². The number of halogens is 1. The molecule has 0 heterocycles. The van der Waals surface area contributed by atoms with Crippen molar-refractivity contribution >= 4 is 23.3 Å². The van der Waals surface area contributed by atoms with E-state index in [0.717, 1.165) is 0 Å². The summed E-state index contributed by atoms with van der Waals surface area (Å²) in [5, 5.41) is 5.26. The van der Waals surface area contributed by atoms with E-state index in [0.29, 0.717) is 11.3 Å². The van der Waals surface area contributed by atoms with Gasteiger partial charge in [-0.05, 0) is 31.2 Å². The highest BCUT2D eigenvalue weighted by Gasteiger charge is 2.21. The lowest BCUT2D eigenvalue weighted by Crippen LogP contribution is -2.30. The number of anilines is 2. The first-order valence-electron chi connectivity index (χ1n) is 7.06. The van der Waals surface area contributed by atoms with E-state index in [4.69, 9.17) is 4.74 Å². The fraction of sp³-hybridized carbons (Fsp3) is 0.176. The average molecular weight is 316 g/mol. The van der Waals surface area contributed by atoms with Gasteiger partial charge in [0.15, 0.2) is 6.10 Å². The summed E-state index contributed by atoms with van der Waals surface area (Å²) in [5.74, 6) is -1.79. The summed E-state index contributed by atoms with van der Waals surface area (Å²) in [6, 6.07) is 12.6. The van der Waals surface area contributed by atoms with Crippen LogP contribution in [-0.2, 0) is 9.53 Å². The fourth-order valence-corrected chi connectivity index (χ4v) is 1.95. The molecule has 0 aromatic heterocycles. The molecule has 23 heavy (non-hydrogen) atoms. The maximum Gasteiger partial charge on any atom is 0.341 e. The van der Waals surface area contributed by atoms with Gasteiger partial charge < -0.3 is 15.4 Å². The largest absolute Gasteiger partial charge is 0.449 e. The minimum Gasteiger partial charge on any atom is -0.449 e. The third-order valence-electron chi connectivity index (χ3n) is 3.20. The Kier molecular flexibility index (Phi) is 5.30. The van der Waals surface area contributed by atoms with Crippen molar-refractivity contribution in [2.24, 2.45) is 0 Å². The Bertz CT molecular complexity index is 718. The van der Waals surface area contributed by atoms with Gasteiger partial charge in [0.25, 0.3) is 5.91 Å². The number of para-hydroxylation sites is 2. The number of hydrogen-bond acceptors (Lipinski definition) is 4. The summed E-state index contributed by atoms with van der Waals surface area (Å²) in [4.78, 5) is 24.2. The first kappa shape index (κ1) is 16.5. The summed E-state index contributed by atoms with van der Waals surface area (Å²) in [7, 11) is 1.68. The SMILES string of the molecule is CNc1ccccc1C(=O)O[C@H](C)C(=O)Nc1ccccc1F. The molecule has 5 nitrogen and oxygen atoms in total. The number of amides is 1. The van der Waals surface area contributed by atoms with Gasteiger partial charge in [-0.2, -0.15) is 0 Å². The number of carbonyl (C=O) groups is 2. The summed E-state index contributed by atoms with van der Waals surface area (Å²) >= 11 is 0. The molecule has 6 heteroatoms. The second-order valence-corrected chi connectivity index (χ2v) is 4.81. The zero-order chi connectivity index (χ0) is 16.8. The first-order chi connectivity index (χ1) is 11.0. The normalized spacial score (nSPS) is 11.4. The summed E-state index contributed by atoms with van der Waals surface area (Å²) in [6.07, 6.45) is -1.06. The topological polar surface area (TPSA) is 67.4 Å². The number of rotatable bonds is 5. The van der Waals surface area contributed by atoms with E-state index in [9.17, 15) is 14.0 Å². The molecule has 0 saturated heterocycles. The highest BCUT2D eigenvalue weighted by Crippen LogP contribution is 2.17. The Balaban J connectivity index is 2.03. The molecule has 0 fully saturated rings. The molecule has 0 radical (unpaired) electrons. The van der Waals surface area contributed by atoms with Gasteiger partial charge in [-0.25, -0.2) is 9.18 Å². The van der Waals surface area contributed by atoms with Crippen molar-refractivity contribution in [1.29, 1.82) is 0 Å². The molecule has 0 spiro atoms. The molecule has 0 aliphatic carbocycles. The molecule has 0 aliphatic rings. The van der Waals surface area contributed by atoms with Gasteiger partial charge in [0.1, 0.15) is 5.82 Å². The molecule has 1 atom stereocenters. The Morgan fingerprint density at radius 2 is 1.65 bits per heavy atom. The standard InChI is InChI=1S/C17H17FN2O3/c1-11(16(21)20-15-10-6-4-8-13(15)18)23-17(22)12-7-3-5-9-14(12)19-2/h3-11,19H,1-2H3,(H,20,21)/t11-/m1/s1. The van der Waals surface area contributed by atoms with Crippen LogP contribution >= 0.6 is 0 Å². The minimum absolute atomic E-state index is 0.0380. The lowest BCUT2D eigenvalue weighted by Gasteiger charge is -2.15. The van der Waals surface area contributed by atoms with Crippen molar-refractivity contribution in [3.05, 3.63) is 59.9 Å². The summed E-state index contributed by atoms with van der Waals surface area (Å²) in [6.45, 7) is 1.43. The molecule has 0 unspecified atom stereocenters. The number of carbonyl (C=O) groups excluding carboxylic acids is 2. The second kappa shape index (κ2) is 7.40. The Morgan fingerprint density at radius 1 is 1.04 bits per heavy atom. The van der Waals surface area contributed by atoms with Crippen molar-refractivity contribution < 1.29 is 18.7 Å². The van der Waals surface area contributed by atoms with E-state index in [1.807, 2.05) is 0 Å². The van der Waals surface area contributed by atoms with Crippen LogP contribution in [0.15, 0.2) is 48.5 Å². The smallest absolute Gasteiger partial charge is 0.341 e. The molecule has 120 valence electrons. The lowest BCUT2D eigenvalue weighted by molar-refractivity contribution is -0.123. The molecule has 0 saturated carbocycles. The molecule has 0 aliphatic heterocycles. The molecule has 0 bridgehead atoms. The number of hydrogen-bond donors (Lipinski definition) is 2. The lowest BCUT2D eigenvalue weighted by atomic mass is 10.2. The van der Waals surface area contributed by atoms with E-state index in [1.165, 1.54) is 25.1 Å². The molecule has 2 aromatic carbocycles. The third-order valence-corrected chi connectivity index (χ3v) is 3.20. The van der Waals surface area contributed by atoms with E-state index in [1.54, 1.807) is 37.4 Å². The van der Waals surface area contributed by atoms with Crippen LogP contribution in [0, 0.1) is 5.82 Å². The highest BCUT2D eigenvalue weighted by molar-refractivity contribution is 5.99. The molecule has 2 N–H and O–H groups in total. The molecule has 2 aromatic rings. The molecular weight excluding hydrogens is 299 g/mol. The maximum atomic E-state index is 13.5. The van der Waals surface area contributed by atoms with Crippen molar-refractivity contribution in [3.8, 4) is 0 Å². The van der Waals surface area contributed by atoms with Crippen molar-refractivity contribution in [1.82, 2.24) is 0 Å². The predicted octanol–water partition coefficient (Wildman–Crippen LogP) is 3.05. The third kappa shape index (κ3) is 4.06. The van der Waals surface area contributed by atoms with Crippen molar-refractivity contribution in [3.63, 3.8) is 0 Å². The zero-order valence-electron chi connectivity index (χ0n) is 12.8. The highest BCUT2D eigenvalue weighted by atomic mass is 19.1. The van der Waals surface area contributed by atoms with E-state index in [2.05, 4.69) is 10.6 Å². The van der Waals surface area contributed by atoms with Gasteiger partial charge in [0, 0.05) is 12.7 Å². The van der Waals surface area contributed by atoms with Gasteiger partial charge >= 0.3 is 5.97 Å². The Hall–Kier alpha value is -2.89. The van der Waals surface area contributed by atoms with Crippen molar-refractivity contribution in [2.45, 2.75) is 13.0 Å². The van der Waals surface area contributed by atoms with Crippen molar-refractivity contribution in [2.75, 3.05) is 17.7 Å². The van der Waals surface area contributed by atoms with Crippen LogP contribution in [0.3, 0.4) is 0 Å². The van der Waals surface area contributed by atoms with E-state index < -0.39 is 23.8 Å². The molecule has 1 amide bonds. The molecular formula is C17H17FN2O3. The Morgan fingerprint density at radius 3 is 2.30 bits per heavy atom. The van der Waals surface area contributed by atoms with Gasteiger partial charge in [-0.1, -0.05) is 24.3 Å². The number of benzene rings is 2. The van der Waals surface area contributed by atoms with Gasteiger partial charge in [-0.3, -0.25) is 4.79 Å². The fourth-order valence-electron chi connectivity index (χ4n) is 1.95. The predicted molar refractivity (Wildman–Crippen MR) is 85.9 cm³/mol. The van der Waals surface area contributed by atoms with Crippen LogP contribution in [0.2, 0.25) is 0 Å². The van der Waals surface area contributed by atoms with Crippen LogP contribution in [0.4, 0.5) is 15.8 Å². The van der Waals surface area contributed by atoms with Gasteiger partial charge in [0.05, 0.1) is 11.3 Å². The van der Waals surface area contributed by atoms with Crippen LogP contribution in [0.1, 0.15) is 17.3 Å². The maximum absolute atomic E-state index is 13.5.